The van der Waals surface area contributed by atoms with Crippen LogP contribution in [0.2, 0.25) is 5.02 Å². The first-order chi connectivity index (χ1) is 9.74. The Balaban J connectivity index is 2.21. The fraction of sp³-hybridized carbons (Fsp3) is 0.375. The maximum atomic E-state index is 6.09. The van der Waals surface area contributed by atoms with Gasteiger partial charge in [0.1, 0.15) is 5.75 Å². The van der Waals surface area contributed by atoms with Gasteiger partial charge in [-0.2, -0.15) is 0 Å². The number of rotatable bonds is 7. The largest absolute Gasteiger partial charge is 0.496 e. The van der Waals surface area contributed by atoms with E-state index in [4.69, 9.17) is 20.8 Å². The molecule has 1 aromatic carbocycles. The molecule has 1 heterocycles. The van der Waals surface area contributed by atoms with Crippen LogP contribution in [-0.2, 0) is 6.42 Å². The average Bonchev–Trinajstić information content (AvgIpc) is 2.97. The highest BCUT2D eigenvalue weighted by Gasteiger charge is 2.15. The van der Waals surface area contributed by atoms with Crippen LogP contribution in [0.25, 0.3) is 0 Å². The van der Waals surface area contributed by atoms with Crippen molar-refractivity contribution in [3.8, 4) is 5.75 Å². The minimum Gasteiger partial charge on any atom is -0.496 e. The summed E-state index contributed by atoms with van der Waals surface area (Å²) in [6.07, 6.45) is 5.37. The molecule has 4 heteroatoms. The first kappa shape index (κ1) is 14.9. The Labute approximate surface area is 124 Å². The first-order valence-electron chi connectivity index (χ1n) is 6.82. The molecule has 20 heavy (non-hydrogen) atoms. The van der Waals surface area contributed by atoms with Gasteiger partial charge in [-0.25, -0.2) is 0 Å². The zero-order valence-corrected chi connectivity index (χ0v) is 12.6. The minimum atomic E-state index is 0.195. The molecule has 2 aromatic rings. The van der Waals surface area contributed by atoms with Crippen molar-refractivity contribution in [3.05, 3.63) is 52.9 Å². The number of furan rings is 1. The second-order valence-electron chi connectivity index (χ2n) is 4.72. The number of nitrogens with one attached hydrogen (secondary N) is 1. The molecule has 2 rings (SSSR count). The van der Waals surface area contributed by atoms with Crippen LogP contribution in [0, 0.1) is 0 Å². The molecular formula is C16H20ClNO2. The summed E-state index contributed by atoms with van der Waals surface area (Å²) in [6, 6.07) is 7.90. The third-order valence-corrected chi connectivity index (χ3v) is 3.49. The van der Waals surface area contributed by atoms with Crippen molar-refractivity contribution >= 4 is 11.6 Å². The van der Waals surface area contributed by atoms with Crippen molar-refractivity contribution in [2.45, 2.75) is 25.8 Å². The zero-order chi connectivity index (χ0) is 14.4. The maximum Gasteiger partial charge on any atom is 0.122 e. The molecule has 1 atom stereocenters. The summed E-state index contributed by atoms with van der Waals surface area (Å²) < 4.78 is 10.6. The molecule has 108 valence electrons. The highest BCUT2D eigenvalue weighted by atomic mass is 35.5. The fourth-order valence-corrected chi connectivity index (χ4v) is 2.42. The first-order valence-corrected chi connectivity index (χ1v) is 7.20. The van der Waals surface area contributed by atoms with Crippen LogP contribution in [0.1, 0.15) is 30.5 Å². The van der Waals surface area contributed by atoms with Crippen molar-refractivity contribution < 1.29 is 9.15 Å². The van der Waals surface area contributed by atoms with E-state index in [1.807, 2.05) is 24.3 Å². The van der Waals surface area contributed by atoms with Gasteiger partial charge in [-0.15, -0.1) is 0 Å². The van der Waals surface area contributed by atoms with E-state index < -0.39 is 0 Å². The lowest BCUT2D eigenvalue weighted by Gasteiger charge is -2.19. The van der Waals surface area contributed by atoms with Crippen LogP contribution < -0.4 is 10.1 Å². The molecule has 1 aromatic heterocycles. The molecule has 0 aliphatic heterocycles. The summed E-state index contributed by atoms with van der Waals surface area (Å²) in [7, 11) is 1.68. The van der Waals surface area contributed by atoms with Crippen LogP contribution in [0.4, 0.5) is 0 Å². The summed E-state index contributed by atoms with van der Waals surface area (Å²) in [5.74, 6) is 0.862. The Bertz CT molecular complexity index is 525. The third kappa shape index (κ3) is 3.78. The standard InChI is InChI=1S/C16H20ClNO2/c1-3-7-18-15(12-6-8-20-11-12)10-13-9-14(17)4-5-16(13)19-2/h4-6,8-9,11,15,18H,3,7,10H2,1-2H3. The Morgan fingerprint density at radius 2 is 2.20 bits per heavy atom. The van der Waals surface area contributed by atoms with E-state index in [-0.39, 0.29) is 6.04 Å². The summed E-state index contributed by atoms with van der Waals surface area (Å²) in [5, 5.41) is 4.26. The topological polar surface area (TPSA) is 34.4 Å². The van der Waals surface area contributed by atoms with Crippen LogP contribution in [0.3, 0.4) is 0 Å². The molecule has 0 amide bonds. The van der Waals surface area contributed by atoms with Gasteiger partial charge in [-0.1, -0.05) is 18.5 Å². The van der Waals surface area contributed by atoms with Gasteiger partial charge < -0.3 is 14.5 Å². The van der Waals surface area contributed by atoms with E-state index in [1.165, 1.54) is 0 Å². The highest BCUT2D eigenvalue weighted by Crippen LogP contribution is 2.28. The molecule has 0 fully saturated rings. The minimum absolute atomic E-state index is 0.195. The second kappa shape index (κ2) is 7.36. The van der Waals surface area contributed by atoms with Crippen LogP contribution in [-0.4, -0.2) is 13.7 Å². The Morgan fingerprint density at radius 3 is 2.85 bits per heavy atom. The van der Waals surface area contributed by atoms with E-state index >= 15 is 0 Å². The van der Waals surface area contributed by atoms with Gasteiger partial charge in [-0.05, 0) is 49.2 Å². The van der Waals surface area contributed by atoms with E-state index in [2.05, 4.69) is 12.2 Å². The number of ether oxygens (including phenoxy) is 1. The molecule has 0 aliphatic carbocycles. The average molecular weight is 294 g/mol. The quantitative estimate of drug-likeness (QED) is 0.830. The van der Waals surface area contributed by atoms with Crippen molar-refractivity contribution in [1.82, 2.24) is 5.32 Å². The molecular weight excluding hydrogens is 274 g/mol. The van der Waals surface area contributed by atoms with Gasteiger partial charge in [0.05, 0.1) is 19.6 Å². The van der Waals surface area contributed by atoms with Gasteiger partial charge in [-0.3, -0.25) is 0 Å². The Hall–Kier alpha value is -1.45. The van der Waals surface area contributed by atoms with Gasteiger partial charge in [0.2, 0.25) is 0 Å². The SMILES string of the molecule is CCCNC(Cc1cc(Cl)ccc1OC)c1ccoc1. The summed E-state index contributed by atoms with van der Waals surface area (Å²) >= 11 is 6.09. The Kier molecular flexibility index (Phi) is 5.50. The molecule has 1 N–H and O–H groups in total. The highest BCUT2D eigenvalue weighted by molar-refractivity contribution is 6.30. The summed E-state index contributed by atoms with van der Waals surface area (Å²) in [5.41, 5.74) is 2.23. The fourth-order valence-electron chi connectivity index (χ4n) is 2.23. The molecule has 0 bridgehead atoms. The second-order valence-corrected chi connectivity index (χ2v) is 5.16. The lowest BCUT2D eigenvalue weighted by atomic mass is 10.00. The van der Waals surface area contributed by atoms with Gasteiger partial charge >= 0.3 is 0 Å². The van der Waals surface area contributed by atoms with Gasteiger partial charge in [0.25, 0.3) is 0 Å². The molecule has 1 unspecified atom stereocenters. The van der Waals surface area contributed by atoms with Crippen molar-refractivity contribution in [2.24, 2.45) is 0 Å². The molecule has 0 aliphatic rings. The van der Waals surface area contributed by atoms with Gasteiger partial charge in [0, 0.05) is 16.6 Å². The third-order valence-electron chi connectivity index (χ3n) is 3.25. The van der Waals surface area contributed by atoms with E-state index in [0.717, 1.165) is 41.3 Å². The number of hydrogen-bond acceptors (Lipinski definition) is 3. The summed E-state index contributed by atoms with van der Waals surface area (Å²) in [4.78, 5) is 0. The molecule has 0 saturated heterocycles. The van der Waals surface area contributed by atoms with Crippen molar-refractivity contribution in [2.75, 3.05) is 13.7 Å². The zero-order valence-electron chi connectivity index (χ0n) is 11.9. The van der Waals surface area contributed by atoms with E-state index in [0.29, 0.717) is 0 Å². The number of benzene rings is 1. The number of halogens is 1. The summed E-state index contributed by atoms with van der Waals surface area (Å²) in [6.45, 7) is 3.11. The Morgan fingerprint density at radius 1 is 1.35 bits per heavy atom. The van der Waals surface area contributed by atoms with Crippen molar-refractivity contribution in [1.29, 1.82) is 0 Å². The van der Waals surface area contributed by atoms with E-state index in [9.17, 15) is 0 Å². The lowest BCUT2D eigenvalue weighted by molar-refractivity contribution is 0.405. The molecule has 3 nitrogen and oxygen atoms in total. The van der Waals surface area contributed by atoms with E-state index in [1.54, 1.807) is 19.6 Å². The molecule has 0 radical (unpaired) electrons. The smallest absolute Gasteiger partial charge is 0.122 e. The monoisotopic (exact) mass is 293 g/mol. The maximum absolute atomic E-state index is 6.09. The normalized spacial score (nSPS) is 12.3. The predicted molar refractivity (Wildman–Crippen MR) is 81.5 cm³/mol. The van der Waals surface area contributed by atoms with Crippen molar-refractivity contribution in [3.63, 3.8) is 0 Å². The van der Waals surface area contributed by atoms with Crippen LogP contribution in [0.15, 0.2) is 41.2 Å². The van der Waals surface area contributed by atoms with Crippen LogP contribution in [0.5, 0.6) is 5.75 Å². The predicted octanol–water partition coefficient (Wildman–Crippen LogP) is 4.23. The molecule has 0 saturated carbocycles. The van der Waals surface area contributed by atoms with Crippen LogP contribution >= 0.6 is 11.6 Å². The van der Waals surface area contributed by atoms with Gasteiger partial charge in [0.15, 0.2) is 0 Å². The molecule has 0 spiro atoms. The number of hydrogen-bond donors (Lipinski definition) is 1. The lowest BCUT2D eigenvalue weighted by Crippen LogP contribution is -2.23. The number of methoxy groups -OCH3 is 1.